The number of benzene rings is 1. The van der Waals surface area contributed by atoms with Gasteiger partial charge in [0.1, 0.15) is 11.5 Å². The molecule has 7 heteroatoms. The minimum atomic E-state index is -4.77. The summed E-state index contributed by atoms with van der Waals surface area (Å²) >= 11 is 0. The number of halogens is 4. The molecule has 104 valence electrons. The molecular formula is C13H8F4N2O. The number of hydrogen-bond donors (Lipinski definition) is 0. The van der Waals surface area contributed by atoms with E-state index in [2.05, 4.69) is 10.2 Å². The Morgan fingerprint density at radius 2 is 1.80 bits per heavy atom. The van der Waals surface area contributed by atoms with E-state index < -0.39 is 29.0 Å². The van der Waals surface area contributed by atoms with Gasteiger partial charge in [-0.25, -0.2) is 4.39 Å². The van der Waals surface area contributed by atoms with Gasteiger partial charge in [0.25, 0.3) is 0 Å². The average molecular weight is 284 g/mol. The van der Waals surface area contributed by atoms with Crippen molar-refractivity contribution in [3.05, 3.63) is 47.4 Å². The van der Waals surface area contributed by atoms with E-state index >= 15 is 0 Å². The van der Waals surface area contributed by atoms with Crippen LogP contribution in [0.4, 0.5) is 17.6 Å². The van der Waals surface area contributed by atoms with Gasteiger partial charge < -0.3 is 0 Å². The largest absolute Gasteiger partial charge is 0.418 e. The van der Waals surface area contributed by atoms with E-state index in [0.717, 1.165) is 13.0 Å². The smallest absolute Gasteiger partial charge is 0.293 e. The fraction of sp³-hybridized carbons (Fsp3) is 0.154. The lowest BCUT2D eigenvalue weighted by molar-refractivity contribution is -0.138. The average Bonchev–Trinajstić information content (AvgIpc) is 2.37. The summed E-state index contributed by atoms with van der Waals surface area (Å²) in [4.78, 5) is 11.2. The second-order valence-electron chi connectivity index (χ2n) is 4.03. The molecule has 3 nitrogen and oxygen atoms in total. The van der Waals surface area contributed by atoms with Gasteiger partial charge in [-0.3, -0.25) is 4.79 Å². The number of carbonyl (C=O) groups excluding carboxylic acids is 1. The summed E-state index contributed by atoms with van der Waals surface area (Å²) < 4.78 is 52.2. The molecule has 20 heavy (non-hydrogen) atoms. The summed E-state index contributed by atoms with van der Waals surface area (Å²) in [5, 5.41) is 6.77. The normalized spacial score (nSPS) is 11.4. The Hall–Kier alpha value is -2.31. The van der Waals surface area contributed by atoms with E-state index in [0.29, 0.717) is 6.07 Å². The van der Waals surface area contributed by atoms with Gasteiger partial charge in [0.15, 0.2) is 5.78 Å². The molecule has 0 saturated heterocycles. The number of hydrogen-bond acceptors (Lipinski definition) is 3. The van der Waals surface area contributed by atoms with Crippen LogP contribution in [-0.4, -0.2) is 16.0 Å². The van der Waals surface area contributed by atoms with Gasteiger partial charge in [-0.2, -0.15) is 13.2 Å². The Morgan fingerprint density at radius 1 is 1.15 bits per heavy atom. The van der Waals surface area contributed by atoms with Crippen molar-refractivity contribution < 1.29 is 22.4 Å². The second kappa shape index (κ2) is 4.99. The summed E-state index contributed by atoms with van der Waals surface area (Å²) in [6, 6.07) is 5.88. The SMILES string of the molecule is CC(=O)c1nnc(-c2ccccc2F)cc1C(F)(F)F. The van der Waals surface area contributed by atoms with Crippen molar-refractivity contribution in [2.75, 3.05) is 0 Å². The van der Waals surface area contributed by atoms with Gasteiger partial charge in [-0.15, -0.1) is 10.2 Å². The molecule has 0 spiro atoms. The lowest BCUT2D eigenvalue weighted by Gasteiger charge is -2.11. The van der Waals surface area contributed by atoms with Crippen molar-refractivity contribution >= 4 is 5.78 Å². The van der Waals surface area contributed by atoms with Crippen molar-refractivity contribution in [3.8, 4) is 11.3 Å². The quantitative estimate of drug-likeness (QED) is 0.626. The van der Waals surface area contributed by atoms with Gasteiger partial charge in [-0.05, 0) is 18.2 Å². The minimum absolute atomic E-state index is 0.111. The molecule has 0 aliphatic rings. The van der Waals surface area contributed by atoms with Crippen LogP contribution in [0.1, 0.15) is 23.0 Å². The van der Waals surface area contributed by atoms with Gasteiger partial charge >= 0.3 is 6.18 Å². The third-order valence-electron chi connectivity index (χ3n) is 2.58. The molecule has 0 radical (unpaired) electrons. The van der Waals surface area contributed by atoms with Crippen LogP contribution in [0.2, 0.25) is 0 Å². The van der Waals surface area contributed by atoms with E-state index in [-0.39, 0.29) is 11.3 Å². The number of Topliss-reactive ketones (excluding diaryl/α,β-unsaturated/α-hetero) is 1. The van der Waals surface area contributed by atoms with E-state index in [4.69, 9.17) is 0 Å². The topological polar surface area (TPSA) is 42.9 Å². The first kappa shape index (κ1) is 14.1. The molecule has 0 aliphatic heterocycles. The second-order valence-corrected chi connectivity index (χ2v) is 4.03. The summed E-state index contributed by atoms with van der Waals surface area (Å²) in [7, 11) is 0. The molecule has 1 aromatic heterocycles. The summed E-state index contributed by atoms with van der Waals surface area (Å²) in [6.07, 6.45) is -4.77. The number of alkyl halides is 3. The standard InChI is InChI=1S/C13H8F4N2O/c1-7(20)12-9(13(15,16)17)6-11(18-19-12)8-4-2-3-5-10(8)14/h2-6H,1H3. The van der Waals surface area contributed by atoms with Crippen molar-refractivity contribution in [3.63, 3.8) is 0 Å². The molecule has 0 fully saturated rings. The van der Waals surface area contributed by atoms with Crippen molar-refractivity contribution in [2.45, 2.75) is 13.1 Å². The Bertz CT molecular complexity index is 668. The first-order valence-corrected chi connectivity index (χ1v) is 5.51. The maximum Gasteiger partial charge on any atom is 0.418 e. The highest BCUT2D eigenvalue weighted by atomic mass is 19.4. The fourth-order valence-corrected chi connectivity index (χ4v) is 1.67. The van der Waals surface area contributed by atoms with Crippen LogP contribution in [0.25, 0.3) is 11.3 Å². The molecule has 0 amide bonds. The van der Waals surface area contributed by atoms with Crippen LogP contribution >= 0.6 is 0 Å². The summed E-state index contributed by atoms with van der Waals surface area (Å²) in [5.74, 6) is -1.57. The monoisotopic (exact) mass is 284 g/mol. The Balaban J connectivity index is 2.65. The van der Waals surface area contributed by atoms with E-state index in [1.807, 2.05) is 0 Å². The zero-order chi connectivity index (χ0) is 14.9. The maximum absolute atomic E-state index is 13.5. The molecule has 0 unspecified atom stereocenters. The zero-order valence-corrected chi connectivity index (χ0v) is 10.2. The number of carbonyl (C=O) groups is 1. The van der Waals surface area contributed by atoms with Crippen molar-refractivity contribution in [2.24, 2.45) is 0 Å². The molecule has 2 aromatic rings. The van der Waals surface area contributed by atoms with Crippen molar-refractivity contribution in [1.29, 1.82) is 0 Å². The number of rotatable bonds is 2. The summed E-state index contributed by atoms with van der Waals surface area (Å²) in [6.45, 7) is 0.960. The molecule has 2 rings (SSSR count). The highest BCUT2D eigenvalue weighted by Crippen LogP contribution is 2.33. The molecular weight excluding hydrogens is 276 g/mol. The van der Waals surface area contributed by atoms with E-state index in [1.54, 1.807) is 0 Å². The van der Waals surface area contributed by atoms with Crippen LogP contribution in [0.3, 0.4) is 0 Å². The molecule has 0 atom stereocenters. The van der Waals surface area contributed by atoms with Gasteiger partial charge in [0.2, 0.25) is 0 Å². The molecule has 1 aromatic carbocycles. The zero-order valence-electron chi connectivity index (χ0n) is 10.2. The Kier molecular flexibility index (Phi) is 3.52. The van der Waals surface area contributed by atoms with Gasteiger partial charge in [0.05, 0.1) is 11.3 Å². The van der Waals surface area contributed by atoms with E-state index in [9.17, 15) is 22.4 Å². The van der Waals surface area contributed by atoms with Crippen LogP contribution in [0.15, 0.2) is 30.3 Å². The Morgan fingerprint density at radius 3 is 2.35 bits per heavy atom. The van der Waals surface area contributed by atoms with Gasteiger partial charge in [-0.1, -0.05) is 12.1 Å². The molecule has 0 aliphatic carbocycles. The van der Waals surface area contributed by atoms with E-state index in [1.165, 1.54) is 18.2 Å². The van der Waals surface area contributed by atoms with Crippen LogP contribution in [-0.2, 0) is 6.18 Å². The predicted molar refractivity (Wildman–Crippen MR) is 62.4 cm³/mol. The lowest BCUT2D eigenvalue weighted by atomic mass is 10.1. The number of nitrogens with zero attached hydrogens (tertiary/aromatic N) is 2. The maximum atomic E-state index is 13.5. The number of aromatic nitrogens is 2. The van der Waals surface area contributed by atoms with Crippen molar-refractivity contribution in [1.82, 2.24) is 10.2 Å². The highest BCUT2D eigenvalue weighted by molar-refractivity contribution is 5.93. The molecule has 0 bridgehead atoms. The Labute approximate surface area is 111 Å². The van der Waals surface area contributed by atoms with Gasteiger partial charge in [0, 0.05) is 12.5 Å². The number of ketones is 1. The first-order valence-electron chi connectivity index (χ1n) is 5.51. The molecule has 0 N–H and O–H groups in total. The van der Waals surface area contributed by atoms with Crippen LogP contribution in [0, 0.1) is 5.82 Å². The summed E-state index contributed by atoms with van der Waals surface area (Å²) in [5.41, 5.74) is -2.39. The predicted octanol–water partition coefficient (Wildman–Crippen LogP) is 3.50. The lowest BCUT2D eigenvalue weighted by Crippen LogP contribution is -2.15. The minimum Gasteiger partial charge on any atom is -0.293 e. The third kappa shape index (κ3) is 2.66. The third-order valence-corrected chi connectivity index (χ3v) is 2.58. The fourth-order valence-electron chi connectivity index (χ4n) is 1.67. The van der Waals surface area contributed by atoms with Crippen LogP contribution < -0.4 is 0 Å². The molecule has 0 saturated carbocycles. The molecule has 1 heterocycles. The van der Waals surface area contributed by atoms with Crippen LogP contribution in [0.5, 0.6) is 0 Å². The first-order chi connectivity index (χ1) is 9.30. The highest BCUT2D eigenvalue weighted by Gasteiger charge is 2.36.